The van der Waals surface area contributed by atoms with Crippen molar-refractivity contribution in [3.63, 3.8) is 0 Å². The van der Waals surface area contributed by atoms with Gasteiger partial charge >= 0.3 is 0 Å². The van der Waals surface area contributed by atoms with Crippen LogP contribution in [-0.4, -0.2) is 12.0 Å². The molecule has 0 rings (SSSR count). The molecule has 0 spiro atoms. The summed E-state index contributed by atoms with van der Waals surface area (Å²) in [6.45, 7) is 5.53. The summed E-state index contributed by atoms with van der Waals surface area (Å²) in [7, 11) is 0. The van der Waals surface area contributed by atoms with Crippen molar-refractivity contribution in [3.8, 4) is 0 Å². The fourth-order valence-corrected chi connectivity index (χ4v) is 0.482. The Labute approximate surface area is 48.7 Å². The highest BCUT2D eigenvalue weighted by Gasteiger charge is 1.66. The summed E-state index contributed by atoms with van der Waals surface area (Å²) in [6.07, 6.45) is 3.36. The zero-order valence-corrected chi connectivity index (χ0v) is 5.24. The van der Waals surface area contributed by atoms with Crippen molar-refractivity contribution in [1.82, 2.24) is 0 Å². The first kappa shape index (κ1) is 6.76. The van der Waals surface area contributed by atoms with E-state index in [0.29, 0.717) is 0 Å². The van der Waals surface area contributed by atoms with E-state index in [1.54, 1.807) is 12.3 Å². The van der Waals surface area contributed by atoms with Crippen LogP contribution in [0, 0.1) is 0 Å². The Kier molecular flexibility index (Phi) is 5.56. The quantitative estimate of drug-likeness (QED) is 0.404. The molecule has 0 radical (unpaired) electrons. The van der Waals surface area contributed by atoms with Gasteiger partial charge in [0.1, 0.15) is 0 Å². The third-order valence-electron chi connectivity index (χ3n) is 0.370. The molecule has 0 heterocycles. The minimum Gasteiger partial charge on any atom is -0.225 e. The minimum absolute atomic E-state index is 1.03. The van der Waals surface area contributed by atoms with Gasteiger partial charge in [-0.3, -0.25) is 0 Å². The van der Waals surface area contributed by atoms with E-state index in [2.05, 4.69) is 17.9 Å². The molecule has 40 valence electrons. The minimum atomic E-state index is 1.03. The second kappa shape index (κ2) is 5.76. The van der Waals surface area contributed by atoms with Gasteiger partial charge < -0.3 is 0 Å². The Morgan fingerprint density at radius 3 is 3.00 bits per heavy atom. The average molecular weight is 115 g/mol. The van der Waals surface area contributed by atoms with Crippen molar-refractivity contribution in [2.75, 3.05) is 5.75 Å². The van der Waals surface area contributed by atoms with Crippen LogP contribution in [0.25, 0.3) is 0 Å². The predicted molar refractivity (Wildman–Crippen MR) is 36.8 cm³/mol. The van der Waals surface area contributed by atoms with Crippen LogP contribution in [0.1, 0.15) is 6.92 Å². The molecule has 0 aromatic carbocycles. The second-order valence-corrected chi connectivity index (χ2v) is 1.95. The van der Waals surface area contributed by atoms with Crippen molar-refractivity contribution in [2.24, 2.45) is 4.40 Å². The fourth-order valence-electron chi connectivity index (χ4n) is 0.161. The molecule has 0 amide bonds. The molecule has 0 fully saturated rings. The van der Waals surface area contributed by atoms with E-state index in [-0.39, 0.29) is 0 Å². The highest BCUT2D eigenvalue weighted by Crippen LogP contribution is 1.96. The molecule has 0 aliphatic rings. The Bertz CT molecular complexity index is 68.5. The summed E-state index contributed by atoms with van der Waals surface area (Å²) in [5.41, 5.74) is 0. The van der Waals surface area contributed by atoms with Crippen LogP contribution in [0.3, 0.4) is 0 Å². The molecule has 7 heavy (non-hydrogen) atoms. The second-order valence-electron chi connectivity index (χ2n) is 0.908. The normalized spacial score (nSPS) is 9.86. The van der Waals surface area contributed by atoms with Crippen LogP contribution in [0.4, 0.5) is 0 Å². The maximum absolute atomic E-state index is 3.88. The zero-order chi connectivity index (χ0) is 5.54. The zero-order valence-electron chi connectivity index (χ0n) is 4.42. The molecule has 0 saturated carbocycles. The van der Waals surface area contributed by atoms with Crippen LogP contribution < -0.4 is 0 Å². The Hall–Kier alpha value is -0.240. The van der Waals surface area contributed by atoms with Gasteiger partial charge in [0.05, 0.1) is 0 Å². The lowest BCUT2D eigenvalue weighted by atomic mass is 10.7. The van der Waals surface area contributed by atoms with Gasteiger partial charge in [-0.15, -0.1) is 0 Å². The van der Waals surface area contributed by atoms with Gasteiger partial charge in [0.2, 0.25) is 0 Å². The largest absolute Gasteiger partial charge is 0.225 e. The molecule has 0 aromatic heterocycles. The predicted octanol–water partition coefficient (Wildman–Crippen LogP) is 1.91. The standard InChI is InChI=1S/C5H9NS/c1-3-5-6-7-4-2/h3,5H,1,4H2,2H3/b6-5-. The molecular formula is C5H9NS. The van der Waals surface area contributed by atoms with Crippen molar-refractivity contribution >= 4 is 18.2 Å². The van der Waals surface area contributed by atoms with Crippen molar-refractivity contribution in [1.29, 1.82) is 0 Å². The maximum atomic E-state index is 3.88. The van der Waals surface area contributed by atoms with E-state index in [1.165, 1.54) is 11.9 Å². The van der Waals surface area contributed by atoms with E-state index in [9.17, 15) is 0 Å². The van der Waals surface area contributed by atoms with E-state index in [1.807, 2.05) is 0 Å². The molecule has 2 heteroatoms. The SMILES string of the molecule is C=C/C=N\SCC. The molecule has 0 unspecified atom stereocenters. The summed E-state index contributed by atoms with van der Waals surface area (Å²) < 4.78 is 3.88. The van der Waals surface area contributed by atoms with Gasteiger partial charge in [0.15, 0.2) is 0 Å². The summed E-state index contributed by atoms with van der Waals surface area (Å²) in [5, 5.41) is 0. The highest BCUT2D eigenvalue weighted by atomic mass is 32.2. The molecule has 0 N–H and O–H groups in total. The van der Waals surface area contributed by atoms with E-state index >= 15 is 0 Å². The smallest absolute Gasteiger partial charge is 0.0345 e. The van der Waals surface area contributed by atoms with E-state index in [4.69, 9.17) is 0 Å². The molecule has 0 atom stereocenters. The van der Waals surface area contributed by atoms with E-state index < -0.39 is 0 Å². The van der Waals surface area contributed by atoms with Gasteiger partial charge in [-0.1, -0.05) is 19.6 Å². The average Bonchev–Trinajstić information content (AvgIpc) is 1.69. The van der Waals surface area contributed by atoms with Crippen LogP contribution in [0.15, 0.2) is 17.1 Å². The van der Waals surface area contributed by atoms with Crippen LogP contribution in [0.5, 0.6) is 0 Å². The molecule has 0 bridgehead atoms. The maximum Gasteiger partial charge on any atom is 0.0345 e. The molecular weight excluding hydrogens is 106 g/mol. The monoisotopic (exact) mass is 115 g/mol. The first-order valence-corrected chi connectivity index (χ1v) is 3.12. The Balaban J connectivity index is 2.92. The number of nitrogens with zero attached hydrogens (tertiary/aromatic N) is 1. The Morgan fingerprint density at radius 1 is 1.86 bits per heavy atom. The Morgan fingerprint density at radius 2 is 2.57 bits per heavy atom. The first-order valence-electron chi connectivity index (χ1n) is 2.18. The van der Waals surface area contributed by atoms with Crippen molar-refractivity contribution < 1.29 is 0 Å². The molecule has 0 aliphatic heterocycles. The topological polar surface area (TPSA) is 12.4 Å². The number of rotatable bonds is 3. The summed E-state index contributed by atoms with van der Waals surface area (Å²) in [6, 6.07) is 0. The summed E-state index contributed by atoms with van der Waals surface area (Å²) >= 11 is 1.53. The lowest BCUT2D eigenvalue weighted by Gasteiger charge is -1.77. The molecule has 0 saturated heterocycles. The molecule has 1 nitrogen and oxygen atoms in total. The molecule has 0 aromatic rings. The van der Waals surface area contributed by atoms with E-state index in [0.717, 1.165) is 5.75 Å². The van der Waals surface area contributed by atoms with Crippen LogP contribution in [0.2, 0.25) is 0 Å². The van der Waals surface area contributed by atoms with Gasteiger partial charge in [0, 0.05) is 12.0 Å². The van der Waals surface area contributed by atoms with Gasteiger partial charge in [-0.2, -0.15) is 0 Å². The summed E-state index contributed by atoms with van der Waals surface area (Å²) in [4.78, 5) is 0. The number of hydrogen-bond acceptors (Lipinski definition) is 2. The molecule has 0 aliphatic carbocycles. The first-order chi connectivity index (χ1) is 3.41. The third kappa shape index (κ3) is 5.76. The lowest BCUT2D eigenvalue weighted by Crippen LogP contribution is -1.59. The van der Waals surface area contributed by atoms with Gasteiger partial charge in [0.25, 0.3) is 0 Å². The van der Waals surface area contributed by atoms with Crippen LogP contribution in [-0.2, 0) is 0 Å². The fraction of sp³-hybridized carbons (Fsp3) is 0.400. The van der Waals surface area contributed by atoms with Crippen molar-refractivity contribution in [2.45, 2.75) is 6.92 Å². The van der Waals surface area contributed by atoms with Crippen molar-refractivity contribution in [3.05, 3.63) is 12.7 Å². The third-order valence-corrected chi connectivity index (χ3v) is 0.899. The summed E-state index contributed by atoms with van der Waals surface area (Å²) in [5.74, 6) is 1.03. The lowest BCUT2D eigenvalue weighted by molar-refractivity contribution is 1.52. The van der Waals surface area contributed by atoms with Gasteiger partial charge in [-0.25, -0.2) is 4.40 Å². The number of hydrogen-bond donors (Lipinski definition) is 0. The highest BCUT2D eigenvalue weighted by molar-refractivity contribution is 7.98. The van der Waals surface area contributed by atoms with Crippen LogP contribution >= 0.6 is 11.9 Å². The van der Waals surface area contributed by atoms with Gasteiger partial charge in [-0.05, 0) is 11.9 Å². The number of allylic oxidation sites excluding steroid dienone is 1.